The molecule has 3 N–H and O–H groups in total. The van der Waals surface area contributed by atoms with Gasteiger partial charge in [-0.3, -0.25) is 4.79 Å². The Kier molecular flexibility index (Phi) is 7.17. The van der Waals surface area contributed by atoms with Gasteiger partial charge in [0.15, 0.2) is 0 Å². The summed E-state index contributed by atoms with van der Waals surface area (Å²) in [5.74, 6) is -0.379. The maximum absolute atomic E-state index is 11.9. The summed E-state index contributed by atoms with van der Waals surface area (Å²) < 4.78 is 4.99. The number of amides is 2. The van der Waals surface area contributed by atoms with Crippen LogP contribution in [0, 0.1) is 0 Å². The largest absolute Gasteiger partial charge is 0.508 e. The first-order valence-corrected chi connectivity index (χ1v) is 8.04. The number of hydrogen-bond acceptors (Lipinski definition) is 5. The van der Waals surface area contributed by atoms with E-state index < -0.39 is 18.0 Å². The monoisotopic (exact) mass is 356 g/mol. The number of benzene rings is 2. The summed E-state index contributed by atoms with van der Waals surface area (Å²) in [4.78, 5) is 34.6. The highest BCUT2D eigenvalue weighted by Crippen LogP contribution is 2.10. The van der Waals surface area contributed by atoms with Gasteiger partial charge in [-0.15, -0.1) is 0 Å². The zero-order valence-corrected chi connectivity index (χ0v) is 14.1. The molecule has 2 rings (SSSR count). The molecular weight excluding hydrogens is 336 g/mol. The van der Waals surface area contributed by atoms with Gasteiger partial charge in [-0.25, -0.2) is 4.79 Å². The quantitative estimate of drug-likeness (QED) is 0.623. The molecule has 26 heavy (non-hydrogen) atoms. The van der Waals surface area contributed by atoms with Crippen molar-refractivity contribution in [3.63, 3.8) is 0 Å². The second kappa shape index (κ2) is 9.83. The summed E-state index contributed by atoms with van der Waals surface area (Å²) in [5, 5.41) is 14.1. The molecular formula is C19H20N2O5. The maximum Gasteiger partial charge on any atom is 0.407 e. The van der Waals surface area contributed by atoms with Gasteiger partial charge in [0.25, 0.3) is 0 Å². The van der Waals surface area contributed by atoms with Gasteiger partial charge in [0.05, 0.1) is 6.04 Å². The summed E-state index contributed by atoms with van der Waals surface area (Å²) in [7, 11) is 0. The number of rotatable bonds is 8. The lowest BCUT2D eigenvalue weighted by Crippen LogP contribution is -2.43. The van der Waals surface area contributed by atoms with E-state index in [1.807, 2.05) is 30.3 Å². The molecule has 2 aromatic rings. The normalized spacial score (nSPS) is 11.2. The number of carbonyl (C=O) groups excluding carboxylic acids is 3. The third kappa shape index (κ3) is 6.64. The second-order valence-electron chi connectivity index (χ2n) is 5.60. The molecule has 0 aromatic heterocycles. The lowest BCUT2D eigenvalue weighted by Gasteiger charge is -2.13. The van der Waals surface area contributed by atoms with Crippen molar-refractivity contribution in [3.8, 4) is 5.75 Å². The van der Waals surface area contributed by atoms with Crippen LogP contribution in [0.15, 0.2) is 54.6 Å². The first kappa shape index (κ1) is 19.0. The van der Waals surface area contributed by atoms with Gasteiger partial charge < -0.3 is 25.3 Å². The van der Waals surface area contributed by atoms with Crippen molar-refractivity contribution in [2.24, 2.45) is 0 Å². The number of phenolic OH excluding ortho intramolecular Hbond substituents is 1. The second-order valence-corrected chi connectivity index (χ2v) is 5.60. The molecule has 2 amide bonds. The Labute approximate surface area is 151 Å². The van der Waals surface area contributed by atoms with Crippen LogP contribution >= 0.6 is 0 Å². The highest BCUT2D eigenvalue weighted by atomic mass is 16.5. The van der Waals surface area contributed by atoms with Crippen LogP contribution in [0.3, 0.4) is 0 Å². The average molecular weight is 356 g/mol. The molecule has 0 heterocycles. The molecule has 1 atom stereocenters. The summed E-state index contributed by atoms with van der Waals surface area (Å²) in [6.45, 7) is -0.195. The minimum atomic E-state index is -0.728. The van der Waals surface area contributed by atoms with Crippen molar-refractivity contribution in [2.75, 3.05) is 6.54 Å². The van der Waals surface area contributed by atoms with Crippen LogP contribution in [0.2, 0.25) is 0 Å². The molecule has 2 aromatic carbocycles. The van der Waals surface area contributed by atoms with Crippen LogP contribution in [-0.4, -0.2) is 36.0 Å². The number of nitrogens with one attached hydrogen (secondary N) is 2. The van der Waals surface area contributed by atoms with Crippen LogP contribution in [0.25, 0.3) is 0 Å². The van der Waals surface area contributed by atoms with E-state index in [4.69, 9.17) is 4.74 Å². The van der Waals surface area contributed by atoms with E-state index in [9.17, 15) is 19.5 Å². The van der Waals surface area contributed by atoms with Crippen molar-refractivity contribution in [2.45, 2.75) is 19.1 Å². The van der Waals surface area contributed by atoms with Crippen LogP contribution in [0.5, 0.6) is 5.75 Å². The molecule has 7 nitrogen and oxygen atoms in total. The van der Waals surface area contributed by atoms with Gasteiger partial charge in [-0.05, 0) is 29.7 Å². The van der Waals surface area contributed by atoms with Crippen molar-refractivity contribution in [3.05, 3.63) is 65.7 Å². The number of hydrogen-bond donors (Lipinski definition) is 3. The highest BCUT2D eigenvalue weighted by molar-refractivity contribution is 5.84. The number of carbonyl (C=O) groups is 3. The Hall–Kier alpha value is -3.35. The predicted octanol–water partition coefficient (Wildman–Crippen LogP) is 1.54. The van der Waals surface area contributed by atoms with E-state index in [2.05, 4.69) is 10.6 Å². The van der Waals surface area contributed by atoms with E-state index in [0.717, 1.165) is 11.1 Å². The van der Waals surface area contributed by atoms with Gasteiger partial charge in [0, 0.05) is 0 Å². The SMILES string of the molecule is O=C[C@H](Cc1ccc(O)cc1)NC(=O)CNC(=O)OCc1ccccc1. The molecule has 0 saturated heterocycles. The van der Waals surface area contributed by atoms with Gasteiger partial charge in [0.1, 0.15) is 25.2 Å². The number of aldehydes is 1. The number of ether oxygens (including phenoxy) is 1. The van der Waals surface area contributed by atoms with Gasteiger partial charge in [-0.2, -0.15) is 0 Å². The molecule has 0 aliphatic rings. The lowest BCUT2D eigenvalue weighted by molar-refractivity contribution is -0.123. The minimum absolute atomic E-state index is 0.103. The summed E-state index contributed by atoms with van der Waals surface area (Å²) >= 11 is 0. The predicted molar refractivity (Wildman–Crippen MR) is 94.4 cm³/mol. The third-order valence-corrected chi connectivity index (χ3v) is 3.51. The summed E-state index contributed by atoms with van der Waals surface area (Å²) in [6, 6.07) is 14.8. The Morgan fingerprint density at radius 3 is 2.38 bits per heavy atom. The number of aromatic hydroxyl groups is 1. The van der Waals surface area contributed by atoms with Crippen LogP contribution in [0.4, 0.5) is 4.79 Å². The molecule has 0 unspecified atom stereocenters. The molecule has 7 heteroatoms. The standard InChI is InChI=1S/C19H20N2O5/c22-12-16(10-14-6-8-17(23)9-7-14)21-18(24)11-20-19(25)26-13-15-4-2-1-3-5-15/h1-9,12,16,23H,10-11,13H2,(H,20,25)(H,21,24)/t16-/m0/s1. The van der Waals surface area contributed by atoms with E-state index in [-0.39, 0.29) is 25.3 Å². The van der Waals surface area contributed by atoms with Crippen molar-refractivity contribution >= 4 is 18.3 Å². The highest BCUT2D eigenvalue weighted by Gasteiger charge is 2.13. The minimum Gasteiger partial charge on any atom is -0.508 e. The molecule has 0 bridgehead atoms. The Morgan fingerprint density at radius 2 is 1.73 bits per heavy atom. The Bertz CT molecular complexity index is 731. The lowest BCUT2D eigenvalue weighted by atomic mass is 10.1. The Balaban J connectivity index is 1.71. The number of phenols is 1. The molecule has 0 aliphatic carbocycles. The van der Waals surface area contributed by atoms with Gasteiger partial charge in [-0.1, -0.05) is 42.5 Å². The third-order valence-electron chi connectivity index (χ3n) is 3.51. The van der Waals surface area contributed by atoms with Crippen molar-refractivity contribution in [1.29, 1.82) is 0 Å². The first-order chi connectivity index (χ1) is 12.6. The first-order valence-electron chi connectivity index (χ1n) is 8.04. The van der Waals surface area contributed by atoms with E-state index in [0.29, 0.717) is 6.29 Å². The van der Waals surface area contributed by atoms with E-state index >= 15 is 0 Å². The van der Waals surface area contributed by atoms with Gasteiger partial charge >= 0.3 is 6.09 Å². The number of alkyl carbamates (subject to hydrolysis) is 1. The molecule has 0 aliphatic heterocycles. The van der Waals surface area contributed by atoms with E-state index in [1.54, 1.807) is 12.1 Å². The zero-order chi connectivity index (χ0) is 18.8. The molecule has 0 radical (unpaired) electrons. The van der Waals surface area contributed by atoms with E-state index in [1.165, 1.54) is 12.1 Å². The maximum atomic E-state index is 11.9. The topological polar surface area (TPSA) is 105 Å². The molecule has 0 fully saturated rings. The average Bonchev–Trinajstić information content (AvgIpc) is 2.66. The van der Waals surface area contributed by atoms with Crippen molar-refractivity contribution < 1.29 is 24.2 Å². The molecule has 0 spiro atoms. The molecule has 0 saturated carbocycles. The fourth-order valence-corrected chi connectivity index (χ4v) is 2.20. The summed E-state index contributed by atoms with van der Waals surface area (Å²) in [6.07, 6.45) is 0.192. The van der Waals surface area contributed by atoms with Gasteiger partial charge in [0.2, 0.25) is 5.91 Å². The summed E-state index contributed by atoms with van der Waals surface area (Å²) in [5.41, 5.74) is 1.62. The fourth-order valence-electron chi connectivity index (χ4n) is 2.20. The molecule has 136 valence electrons. The Morgan fingerprint density at radius 1 is 1.04 bits per heavy atom. The smallest absolute Gasteiger partial charge is 0.407 e. The van der Waals surface area contributed by atoms with Crippen LogP contribution < -0.4 is 10.6 Å². The fraction of sp³-hybridized carbons (Fsp3) is 0.211. The zero-order valence-electron chi connectivity index (χ0n) is 14.1. The van der Waals surface area contributed by atoms with Crippen LogP contribution in [-0.2, 0) is 27.4 Å². The van der Waals surface area contributed by atoms with Crippen molar-refractivity contribution in [1.82, 2.24) is 10.6 Å². The van der Waals surface area contributed by atoms with Crippen LogP contribution in [0.1, 0.15) is 11.1 Å².